The number of nitrogens with one attached hydrogen (secondary N) is 1. The molecule has 1 aromatic carbocycles. The summed E-state index contributed by atoms with van der Waals surface area (Å²) in [6.45, 7) is 9.82. The van der Waals surface area contributed by atoms with Gasteiger partial charge in [0.25, 0.3) is 5.91 Å². The van der Waals surface area contributed by atoms with Gasteiger partial charge >= 0.3 is 5.97 Å². The van der Waals surface area contributed by atoms with E-state index in [2.05, 4.69) is 42.0 Å². The van der Waals surface area contributed by atoms with Crippen LogP contribution in [0.25, 0.3) is 0 Å². The summed E-state index contributed by atoms with van der Waals surface area (Å²) >= 11 is 3.60. The summed E-state index contributed by atoms with van der Waals surface area (Å²) < 4.78 is 6.29. The molecule has 0 unspecified atom stereocenters. The minimum atomic E-state index is -1.14. The molecule has 0 radical (unpaired) electrons. The Kier molecular flexibility index (Phi) is 8.14. The van der Waals surface area contributed by atoms with Gasteiger partial charge in [-0.05, 0) is 46.7 Å². The molecule has 0 aliphatic heterocycles. The van der Waals surface area contributed by atoms with Crippen LogP contribution in [0, 0.1) is 13.8 Å². The van der Waals surface area contributed by atoms with Crippen LogP contribution in [0.15, 0.2) is 12.1 Å². The van der Waals surface area contributed by atoms with E-state index in [-0.39, 0.29) is 11.3 Å². The van der Waals surface area contributed by atoms with Crippen molar-refractivity contribution in [2.45, 2.75) is 45.4 Å². The van der Waals surface area contributed by atoms with Crippen LogP contribution in [-0.4, -0.2) is 53.6 Å². The van der Waals surface area contributed by atoms with E-state index in [0.29, 0.717) is 26.1 Å². The van der Waals surface area contributed by atoms with Gasteiger partial charge in [-0.15, -0.1) is 4.73 Å². The van der Waals surface area contributed by atoms with Crippen molar-refractivity contribution in [1.82, 2.24) is 10.0 Å². The minimum Gasteiger partial charge on any atom is -0.492 e. The number of aromatic nitrogens is 1. The van der Waals surface area contributed by atoms with Crippen molar-refractivity contribution in [3.05, 3.63) is 39.9 Å². The van der Waals surface area contributed by atoms with Gasteiger partial charge in [0.15, 0.2) is 9.76 Å². The Morgan fingerprint density at radius 3 is 2.26 bits per heavy atom. The van der Waals surface area contributed by atoms with Gasteiger partial charge in [-0.2, -0.15) is 0 Å². The second-order valence-electron chi connectivity index (χ2n) is 8.26. The molecule has 0 aliphatic carbocycles. The third-order valence-electron chi connectivity index (χ3n) is 5.08. The molecule has 3 N–H and O–H groups in total. The minimum absolute atomic E-state index is 0.193. The smallest absolute Gasteiger partial charge is 0.352 e. The average molecular weight is 530 g/mol. The van der Waals surface area contributed by atoms with Crippen molar-refractivity contribution in [3.8, 4) is 11.8 Å². The number of carbonyl (C=O) groups excluding carboxylic acids is 2. The second-order valence-corrected chi connectivity index (χ2v) is 12.1. The van der Waals surface area contributed by atoms with Crippen molar-refractivity contribution in [2.24, 2.45) is 0 Å². The van der Waals surface area contributed by atoms with Gasteiger partial charge in [0, 0.05) is 23.0 Å². The highest BCUT2D eigenvalue weighted by molar-refractivity contribution is 9.08. The number of carbonyl (C=O) groups is 2. The molecule has 170 valence electrons. The lowest BCUT2D eigenvalue weighted by molar-refractivity contribution is -0.144. The van der Waals surface area contributed by atoms with E-state index in [0.717, 1.165) is 21.9 Å². The van der Waals surface area contributed by atoms with Gasteiger partial charge in [0.1, 0.15) is 17.0 Å². The lowest BCUT2D eigenvalue weighted by atomic mass is 9.79. The largest absolute Gasteiger partial charge is 0.492 e. The third-order valence-corrected chi connectivity index (χ3v) is 7.79. The van der Waals surface area contributed by atoms with Gasteiger partial charge in [-0.3, -0.25) is 4.79 Å². The summed E-state index contributed by atoms with van der Waals surface area (Å²) in [5, 5.41) is 23.4. The summed E-state index contributed by atoms with van der Waals surface area (Å²) in [6, 6.07) is 2.36. The number of alkyl halides is 1. The van der Waals surface area contributed by atoms with E-state index < -0.39 is 34.0 Å². The third kappa shape index (κ3) is 5.40. The van der Waals surface area contributed by atoms with Crippen LogP contribution in [0.2, 0.25) is 0 Å². The highest BCUT2D eigenvalue weighted by atomic mass is 79.9. The molecule has 0 aliphatic rings. The van der Waals surface area contributed by atoms with Crippen LogP contribution in [0.4, 0.5) is 0 Å². The molecule has 0 atom stereocenters. The molecule has 2 aromatic rings. The summed E-state index contributed by atoms with van der Waals surface area (Å²) in [6.07, 6.45) is 0. The molecule has 1 aromatic heterocycles. The first-order valence-electron chi connectivity index (χ1n) is 9.73. The molecule has 0 bridgehead atoms. The lowest BCUT2D eigenvalue weighted by Gasteiger charge is -2.30. The maximum Gasteiger partial charge on any atom is 0.352 e. The number of hydrogen-bond donors (Lipinski definition) is 3. The van der Waals surface area contributed by atoms with E-state index in [1.807, 2.05) is 13.8 Å². The van der Waals surface area contributed by atoms with Crippen LogP contribution in [0.3, 0.4) is 0 Å². The second kappa shape index (κ2) is 10.0. The van der Waals surface area contributed by atoms with Crippen molar-refractivity contribution in [1.29, 1.82) is 0 Å². The fourth-order valence-electron chi connectivity index (χ4n) is 3.67. The summed E-state index contributed by atoms with van der Waals surface area (Å²) in [4.78, 5) is 30.2. The molecule has 0 fully saturated rings. The average Bonchev–Trinajstić information content (AvgIpc) is 3.00. The van der Waals surface area contributed by atoms with Gasteiger partial charge < -0.3 is 24.5 Å². The number of amides is 1. The first-order valence-corrected chi connectivity index (χ1v) is 13.0. The van der Waals surface area contributed by atoms with Crippen LogP contribution < -0.4 is 15.3 Å². The molecule has 0 saturated carbocycles. The molecular formula is C20H29BrN2O6Si2. The van der Waals surface area contributed by atoms with E-state index in [1.165, 1.54) is 17.7 Å². The standard InChI is InChI=1S/C20H29BrN2O6Si2/c1-10-11(2)16(18(31-29-30)17(12(10)8-21)20(3,4)5)19(27)22-9-15(26)28-23-13(24)6-7-14(23)25/h6-7,24-25H,8-9,31H2,1-5,30H3,(H,22,27). The van der Waals surface area contributed by atoms with E-state index in [4.69, 9.17) is 8.95 Å². The zero-order chi connectivity index (χ0) is 23.5. The monoisotopic (exact) mass is 528 g/mol. The molecular weight excluding hydrogens is 500 g/mol. The predicted molar refractivity (Wildman–Crippen MR) is 128 cm³/mol. The number of halogens is 1. The number of aromatic hydroxyl groups is 2. The SMILES string of the molecule is Cc1c(C)c(C(=O)NCC(=O)On2c(O)ccc2O)c([SiH2]O[SiH3])c(C(C)(C)C)c1CBr. The molecule has 0 saturated heterocycles. The Morgan fingerprint density at radius 1 is 1.19 bits per heavy atom. The van der Waals surface area contributed by atoms with Crippen molar-refractivity contribution >= 4 is 53.2 Å². The van der Waals surface area contributed by atoms with Gasteiger partial charge in [0.05, 0.1) is 0 Å². The molecule has 2 rings (SSSR count). The first-order chi connectivity index (χ1) is 14.4. The highest BCUT2D eigenvalue weighted by Gasteiger charge is 2.29. The topological polar surface area (TPSA) is 110 Å². The fourth-order valence-corrected chi connectivity index (χ4v) is 6.99. The molecule has 1 amide bonds. The number of hydrogen-bond acceptors (Lipinski definition) is 6. The van der Waals surface area contributed by atoms with Crippen LogP contribution >= 0.6 is 15.9 Å². The van der Waals surface area contributed by atoms with E-state index in [9.17, 15) is 19.8 Å². The normalized spacial score (nSPS) is 11.9. The molecule has 31 heavy (non-hydrogen) atoms. The quantitative estimate of drug-likeness (QED) is 0.347. The van der Waals surface area contributed by atoms with E-state index in [1.54, 1.807) is 0 Å². The number of rotatable bonds is 7. The number of benzene rings is 1. The zero-order valence-electron chi connectivity index (χ0n) is 18.6. The molecule has 8 nitrogen and oxygen atoms in total. The Balaban J connectivity index is 2.39. The van der Waals surface area contributed by atoms with Gasteiger partial charge in [0.2, 0.25) is 11.8 Å². The van der Waals surface area contributed by atoms with Crippen molar-refractivity contribution < 1.29 is 28.8 Å². The Hall–Kier alpha value is -2.09. The summed E-state index contributed by atoms with van der Waals surface area (Å²) in [7, 11) is -0.564. The Labute approximate surface area is 195 Å². The molecule has 11 heteroatoms. The first kappa shape index (κ1) is 25.2. The van der Waals surface area contributed by atoms with Crippen LogP contribution in [0.5, 0.6) is 11.8 Å². The van der Waals surface area contributed by atoms with Crippen molar-refractivity contribution in [2.75, 3.05) is 6.54 Å². The number of nitrogens with zero attached hydrogens (tertiary/aromatic N) is 1. The lowest BCUT2D eigenvalue weighted by Crippen LogP contribution is -2.41. The summed E-state index contributed by atoms with van der Waals surface area (Å²) in [5.41, 5.74) is 4.53. The van der Waals surface area contributed by atoms with Gasteiger partial charge in [-0.1, -0.05) is 36.7 Å². The van der Waals surface area contributed by atoms with Crippen LogP contribution in [0.1, 0.15) is 53.4 Å². The maximum atomic E-state index is 13.2. The van der Waals surface area contributed by atoms with Gasteiger partial charge in [-0.25, -0.2) is 4.79 Å². The fraction of sp³-hybridized carbons (Fsp3) is 0.400. The highest BCUT2D eigenvalue weighted by Crippen LogP contribution is 2.31. The van der Waals surface area contributed by atoms with Crippen LogP contribution in [-0.2, 0) is 19.7 Å². The maximum absolute atomic E-state index is 13.2. The Bertz CT molecular complexity index is 981. The molecule has 1 heterocycles. The predicted octanol–water partition coefficient (Wildman–Crippen LogP) is 0.0998. The van der Waals surface area contributed by atoms with E-state index >= 15 is 0 Å². The summed E-state index contributed by atoms with van der Waals surface area (Å²) in [5.74, 6) is -2.08. The Morgan fingerprint density at radius 2 is 1.77 bits per heavy atom. The zero-order valence-corrected chi connectivity index (χ0v) is 23.6. The van der Waals surface area contributed by atoms with Crippen molar-refractivity contribution in [3.63, 3.8) is 0 Å². The molecule has 0 spiro atoms.